The van der Waals surface area contributed by atoms with Gasteiger partial charge >= 0.3 is 5.97 Å². The number of imidazole rings is 1. The minimum Gasteiger partial charge on any atom is -0.480 e. The SMILES string of the molecule is NC(Cc1ccccc1)C(=O)O.c1ncc2[nH]cnc2n1. The number of hydrogen-bond donors (Lipinski definition) is 3. The standard InChI is InChI=1S/C9H11NO2.C5H4N4/c10-8(9(11)12)6-7-4-2-1-3-5-7;1-4-5(8-2-6-1)9-3-7-4/h1-5,8H,6,10H2,(H,11,12);1-3H,(H,6,7,8,9). The molecule has 0 aliphatic rings. The number of carbonyl (C=O) groups is 1. The molecule has 0 fully saturated rings. The molecule has 2 heterocycles. The Kier molecular flexibility index (Phi) is 4.94. The number of benzene rings is 1. The smallest absolute Gasteiger partial charge is 0.320 e. The van der Waals surface area contributed by atoms with E-state index < -0.39 is 12.0 Å². The largest absolute Gasteiger partial charge is 0.480 e. The molecule has 4 N–H and O–H groups in total. The van der Waals surface area contributed by atoms with Crippen LogP contribution in [0.3, 0.4) is 0 Å². The molecule has 7 nitrogen and oxygen atoms in total. The van der Waals surface area contributed by atoms with E-state index in [0.29, 0.717) is 12.1 Å². The lowest BCUT2D eigenvalue weighted by molar-refractivity contribution is -0.138. The van der Waals surface area contributed by atoms with Gasteiger partial charge in [0.1, 0.15) is 17.9 Å². The molecule has 1 aromatic carbocycles. The average molecular weight is 285 g/mol. The molecule has 0 saturated carbocycles. The van der Waals surface area contributed by atoms with Crippen LogP contribution in [0.4, 0.5) is 0 Å². The first-order valence-electron chi connectivity index (χ1n) is 6.28. The highest BCUT2D eigenvalue weighted by Crippen LogP contribution is 2.01. The first kappa shape index (κ1) is 14.6. The van der Waals surface area contributed by atoms with E-state index in [0.717, 1.165) is 11.1 Å². The summed E-state index contributed by atoms with van der Waals surface area (Å²) in [4.78, 5) is 24.9. The lowest BCUT2D eigenvalue weighted by atomic mass is 10.1. The number of nitrogens with one attached hydrogen (secondary N) is 1. The predicted octanol–water partition coefficient (Wildman–Crippen LogP) is 0.994. The second-order valence-electron chi connectivity index (χ2n) is 4.30. The number of hydrogen-bond acceptors (Lipinski definition) is 5. The van der Waals surface area contributed by atoms with E-state index in [1.165, 1.54) is 6.33 Å². The molecular formula is C14H15N5O2. The Morgan fingerprint density at radius 2 is 2.05 bits per heavy atom. The van der Waals surface area contributed by atoms with E-state index in [1.54, 1.807) is 12.5 Å². The number of nitrogens with zero attached hydrogens (tertiary/aromatic N) is 3. The number of aromatic amines is 1. The van der Waals surface area contributed by atoms with Gasteiger partial charge in [-0.2, -0.15) is 0 Å². The quantitative estimate of drug-likeness (QED) is 0.660. The molecule has 1 atom stereocenters. The van der Waals surface area contributed by atoms with Crippen molar-refractivity contribution in [1.82, 2.24) is 19.9 Å². The van der Waals surface area contributed by atoms with Crippen molar-refractivity contribution in [1.29, 1.82) is 0 Å². The Morgan fingerprint density at radius 3 is 2.71 bits per heavy atom. The number of fused-ring (bicyclic) bond motifs is 1. The van der Waals surface area contributed by atoms with Crippen LogP contribution in [0, 0.1) is 0 Å². The number of H-pyrrole nitrogens is 1. The molecule has 0 bridgehead atoms. The van der Waals surface area contributed by atoms with E-state index in [1.807, 2.05) is 30.3 Å². The molecule has 7 heteroatoms. The van der Waals surface area contributed by atoms with Crippen LogP contribution >= 0.6 is 0 Å². The highest BCUT2D eigenvalue weighted by atomic mass is 16.4. The summed E-state index contributed by atoms with van der Waals surface area (Å²) in [6, 6.07) is 8.54. The van der Waals surface area contributed by atoms with Gasteiger partial charge in [0.2, 0.25) is 0 Å². The lowest BCUT2D eigenvalue weighted by Gasteiger charge is -2.04. The van der Waals surface area contributed by atoms with Gasteiger partial charge in [-0.05, 0) is 12.0 Å². The first-order valence-corrected chi connectivity index (χ1v) is 6.28. The van der Waals surface area contributed by atoms with Crippen molar-refractivity contribution < 1.29 is 9.90 Å². The molecule has 0 aliphatic heterocycles. The van der Waals surface area contributed by atoms with Crippen LogP contribution in [0.2, 0.25) is 0 Å². The molecule has 3 rings (SSSR count). The topological polar surface area (TPSA) is 118 Å². The number of carboxylic acids is 1. The van der Waals surface area contributed by atoms with Gasteiger partial charge in [-0.25, -0.2) is 15.0 Å². The van der Waals surface area contributed by atoms with Crippen LogP contribution in [-0.4, -0.2) is 37.1 Å². The van der Waals surface area contributed by atoms with E-state index in [9.17, 15) is 4.79 Å². The second kappa shape index (κ2) is 7.11. The summed E-state index contributed by atoms with van der Waals surface area (Å²) in [5, 5.41) is 8.52. The van der Waals surface area contributed by atoms with E-state index in [-0.39, 0.29) is 0 Å². The van der Waals surface area contributed by atoms with Gasteiger partial charge < -0.3 is 15.8 Å². The van der Waals surface area contributed by atoms with Crippen molar-refractivity contribution in [3.05, 3.63) is 54.7 Å². The molecule has 0 radical (unpaired) electrons. The average Bonchev–Trinajstić information content (AvgIpc) is 2.97. The second-order valence-corrected chi connectivity index (χ2v) is 4.30. The summed E-state index contributed by atoms with van der Waals surface area (Å²) in [7, 11) is 0. The monoisotopic (exact) mass is 285 g/mol. The Labute approximate surface area is 120 Å². The minimum absolute atomic E-state index is 0.385. The van der Waals surface area contributed by atoms with Crippen molar-refractivity contribution in [2.24, 2.45) is 5.73 Å². The number of carboxylic acid groups (broad SMARTS) is 1. The number of rotatable bonds is 3. The summed E-state index contributed by atoms with van der Waals surface area (Å²) < 4.78 is 0. The van der Waals surface area contributed by atoms with E-state index in [2.05, 4.69) is 19.9 Å². The van der Waals surface area contributed by atoms with Crippen LogP contribution in [-0.2, 0) is 11.2 Å². The van der Waals surface area contributed by atoms with Crippen LogP contribution in [0.15, 0.2) is 49.2 Å². The zero-order valence-corrected chi connectivity index (χ0v) is 11.2. The number of aliphatic carboxylic acids is 1. The van der Waals surface area contributed by atoms with Crippen LogP contribution in [0.25, 0.3) is 11.2 Å². The van der Waals surface area contributed by atoms with Crippen molar-refractivity contribution in [2.45, 2.75) is 12.5 Å². The molecule has 0 saturated heterocycles. The van der Waals surface area contributed by atoms with Gasteiger partial charge in [-0.15, -0.1) is 0 Å². The summed E-state index contributed by atoms with van der Waals surface area (Å²) in [6.07, 6.45) is 5.15. The summed E-state index contributed by atoms with van der Waals surface area (Å²) in [5.41, 5.74) is 7.89. The molecule has 2 aromatic heterocycles. The first-order chi connectivity index (χ1) is 10.2. The van der Waals surface area contributed by atoms with Crippen molar-refractivity contribution in [3.8, 4) is 0 Å². The summed E-state index contributed by atoms with van der Waals surface area (Å²) in [6.45, 7) is 0. The maximum atomic E-state index is 10.4. The minimum atomic E-state index is -0.959. The fourth-order valence-corrected chi connectivity index (χ4v) is 1.65. The van der Waals surface area contributed by atoms with Gasteiger partial charge in [0.25, 0.3) is 0 Å². The fourth-order valence-electron chi connectivity index (χ4n) is 1.65. The third-order valence-corrected chi connectivity index (χ3v) is 2.71. The third-order valence-electron chi connectivity index (χ3n) is 2.71. The van der Waals surface area contributed by atoms with Crippen molar-refractivity contribution in [2.75, 3.05) is 0 Å². The number of nitrogens with two attached hydrogens (primary N) is 1. The highest BCUT2D eigenvalue weighted by molar-refractivity contribution is 5.73. The zero-order valence-electron chi connectivity index (χ0n) is 11.2. The van der Waals surface area contributed by atoms with Crippen LogP contribution < -0.4 is 5.73 Å². The molecule has 0 amide bonds. The highest BCUT2D eigenvalue weighted by Gasteiger charge is 2.10. The van der Waals surface area contributed by atoms with Crippen molar-refractivity contribution >= 4 is 17.1 Å². The van der Waals surface area contributed by atoms with E-state index >= 15 is 0 Å². The fraction of sp³-hybridized carbons (Fsp3) is 0.143. The zero-order chi connectivity index (χ0) is 15.1. The van der Waals surface area contributed by atoms with Gasteiger partial charge in [-0.1, -0.05) is 30.3 Å². The molecule has 108 valence electrons. The van der Waals surface area contributed by atoms with Crippen LogP contribution in [0.5, 0.6) is 0 Å². The van der Waals surface area contributed by atoms with Crippen LogP contribution in [0.1, 0.15) is 5.56 Å². The van der Waals surface area contributed by atoms with Gasteiger partial charge in [0.15, 0.2) is 5.65 Å². The maximum absolute atomic E-state index is 10.4. The van der Waals surface area contributed by atoms with Gasteiger partial charge in [0.05, 0.1) is 12.5 Å². The number of aromatic nitrogens is 4. The molecule has 0 aliphatic carbocycles. The Bertz CT molecular complexity index is 668. The lowest BCUT2D eigenvalue weighted by Crippen LogP contribution is -2.32. The normalized spacial score (nSPS) is 11.5. The van der Waals surface area contributed by atoms with Crippen molar-refractivity contribution in [3.63, 3.8) is 0 Å². The van der Waals surface area contributed by atoms with E-state index in [4.69, 9.17) is 10.8 Å². The predicted molar refractivity (Wildman–Crippen MR) is 77.4 cm³/mol. The van der Waals surface area contributed by atoms with Gasteiger partial charge in [-0.3, -0.25) is 4.79 Å². The third kappa shape index (κ3) is 4.36. The molecular weight excluding hydrogens is 270 g/mol. The summed E-state index contributed by atoms with van der Waals surface area (Å²) >= 11 is 0. The maximum Gasteiger partial charge on any atom is 0.320 e. The molecule has 21 heavy (non-hydrogen) atoms. The Balaban J connectivity index is 0.000000159. The Hall–Kier alpha value is -2.80. The molecule has 3 aromatic rings. The molecule has 0 spiro atoms. The molecule has 1 unspecified atom stereocenters. The van der Waals surface area contributed by atoms with Gasteiger partial charge in [0, 0.05) is 0 Å². The summed E-state index contributed by atoms with van der Waals surface area (Å²) in [5.74, 6) is -0.959. The Morgan fingerprint density at radius 1 is 1.29 bits per heavy atom.